The number of benzene rings is 1. The number of hydrogen-bond donors (Lipinski definition) is 2. The molecule has 0 aromatic heterocycles. The number of carboxylic acid groups (broad SMARTS) is 1. The van der Waals surface area contributed by atoms with Crippen molar-refractivity contribution in [2.45, 2.75) is 89.9 Å². The maximum Gasteiger partial charge on any atom is 0.405 e. The molecule has 2 N–H and O–H groups in total. The molecule has 0 bridgehead atoms. The molecule has 0 atom stereocenters. The zero-order valence-corrected chi connectivity index (χ0v) is 20.2. The van der Waals surface area contributed by atoms with E-state index in [0.717, 1.165) is 12.8 Å². The molecule has 0 aliphatic carbocycles. The van der Waals surface area contributed by atoms with E-state index in [2.05, 4.69) is 53.0 Å². The molecule has 1 aromatic rings. The highest BCUT2D eigenvalue weighted by atomic mass is 127. The van der Waals surface area contributed by atoms with Gasteiger partial charge in [-0.25, -0.2) is 4.79 Å². The maximum absolute atomic E-state index is 11.3. The molecule has 6 heteroatoms. The van der Waals surface area contributed by atoms with E-state index in [0.29, 0.717) is 19.6 Å². The Bertz CT molecular complexity index is 652. The fraction of sp³-hybridized carbons (Fsp3) is 0.696. The molecular weight excluding hydrogens is 481 g/mol. The number of rotatable bonds is 11. The van der Waals surface area contributed by atoms with Gasteiger partial charge >= 0.3 is 6.09 Å². The van der Waals surface area contributed by atoms with Crippen LogP contribution in [0.4, 0.5) is 4.79 Å². The van der Waals surface area contributed by atoms with Gasteiger partial charge in [0.25, 0.3) is 0 Å². The molecule has 0 saturated carbocycles. The van der Waals surface area contributed by atoms with Crippen molar-refractivity contribution in [1.29, 1.82) is 0 Å². The molecule has 0 radical (unpaired) electrons. The summed E-state index contributed by atoms with van der Waals surface area (Å²) in [6.07, 6.45) is 9.38. The summed E-state index contributed by atoms with van der Waals surface area (Å²) < 4.78 is 12.7. The lowest BCUT2D eigenvalue weighted by Gasteiger charge is -2.43. The minimum Gasteiger partial charge on any atom is -0.465 e. The van der Waals surface area contributed by atoms with Crippen molar-refractivity contribution >= 4 is 28.7 Å². The van der Waals surface area contributed by atoms with Gasteiger partial charge in [0.1, 0.15) is 0 Å². The smallest absolute Gasteiger partial charge is 0.405 e. The van der Waals surface area contributed by atoms with Crippen LogP contribution in [-0.4, -0.2) is 35.7 Å². The van der Waals surface area contributed by atoms with Crippen LogP contribution < -0.4 is 5.32 Å². The van der Waals surface area contributed by atoms with Gasteiger partial charge in [-0.2, -0.15) is 0 Å². The number of amides is 1. The Balaban J connectivity index is 1.89. The predicted molar refractivity (Wildman–Crippen MR) is 124 cm³/mol. The summed E-state index contributed by atoms with van der Waals surface area (Å²) in [4.78, 5) is 11.3. The van der Waals surface area contributed by atoms with E-state index in [1.54, 1.807) is 0 Å². The highest BCUT2D eigenvalue weighted by molar-refractivity contribution is 14.1. The van der Waals surface area contributed by atoms with Crippen LogP contribution in [-0.2, 0) is 22.3 Å². The summed E-state index contributed by atoms with van der Waals surface area (Å²) >= 11 is 2.40. The minimum absolute atomic E-state index is 0.318. The van der Waals surface area contributed by atoms with E-state index in [4.69, 9.17) is 9.47 Å². The van der Waals surface area contributed by atoms with Crippen molar-refractivity contribution in [1.82, 2.24) is 5.32 Å². The topological polar surface area (TPSA) is 67.8 Å². The maximum atomic E-state index is 11.3. The van der Waals surface area contributed by atoms with Gasteiger partial charge in [-0.3, -0.25) is 0 Å². The third-order valence-electron chi connectivity index (χ3n) is 5.57. The average molecular weight is 517 g/mol. The van der Waals surface area contributed by atoms with Gasteiger partial charge in [0, 0.05) is 3.57 Å². The summed E-state index contributed by atoms with van der Waals surface area (Å²) in [5.41, 5.74) is 1.92. The van der Waals surface area contributed by atoms with E-state index in [1.807, 2.05) is 13.8 Å². The lowest BCUT2D eigenvalue weighted by atomic mass is 9.91. The van der Waals surface area contributed by atoms with Crippen molar-refractivity contribution in [2.24, 2.45) is 0 Å². The van der Waals surface area contributed by atoms with Gasteiger partial charge in [-0.05, 0) is 79.3 Å². The molecule has 1 fully saturated rings. The minimum atomic E-state index is -1.04. The molecule has 1 heterocycles. The average Bonchev–Trinajstić information content (AvgIpc) is 2.66. The third-order valence-corrected chi connectivity index (χ3v) is 6.58. The number of nitrogens with one attached hydrogen (secondary N) is 1. The summed E-state index contributed by atoms with van der Waals surface area (Å²) in [7, 11) is 0. The van der Waals surface area contributed by atoms with Crippen molar-refractivity contribution < 1.29 is 19.4 Å². The molecule has 5 nitrogen and oxygen atoms in total. The zero-order chi connectivity index (χ0) is 21.3. The van der Waals surface area contributed by atoms with Gasteiger partial charge in [-0.1, -0.05) is 51.2 Å². The van der Waals surface area contributed by atoms with E-state index < -0.39 is 17.4 Å². The lowest BCUT2D eigenvalue weighted by molar-refractivity contribution is -0.271. The highest BCUT2D eigenvalue weighted by Crippen LogP contribution is 2.28. The van der Waals surface area contributed by atoms with Crippen LogP contribution in [0.3, 0.4) is 0 Å². The van der Waals surface area contributed by atoms with Crippen molar-refractivity contribution in [2.75, 3.05) is 13.2 Å². The summed E-state index contributed by atoms with van der Waals surface area (Å²) in [5.74, 6) is -0.670. The summed E-state index contributed by atoms with van der Waals surface area (Å²) in [6, 6.07) is 6.69. The second kappa shape index (κ2) is 11.5. The molecule has 0 spiro atoms. The molecule has 1 saturated heterocycles. The first-order chi connectivity index (χ1) is 13.8. The zero-order valence-electron chi connectivity index (χ0n) is 18.1. The molecular formula is C23H36INO4. The Morgan fingerprint density at radius 2 is 1.76 bits per heavy atom. The lowest BCUT2D eigenvalue weighted by Crippen LogP contribution is -2.61. The molecule has 1 aliphatic heterocycles. The SMILES string of the molecule is CCCCCCCCc1ccc(CCC2(NC(=O)O)COC(C)(C)OC2)c(I)c1. The number of carbonyl (C=O) groups is 1. The quantitative estimate of drug-likeness (QED) is 0.283. The second-order valence-electron chi connectivity index (χ2n) is 8.63. The number of aryl methyl sites for hydroxylation is 2. The first kappa shape index (κ1) is 24.4. The highest BCUT2D eigenvalue weighted by Gasteiger charge is 2.41. The van der Waals surface area contributed by atoms with Crippen molar-refractivity contribution in [3.05, 3.63) is 32.9 Å². The molecule has 1 aromatic carbocycles. The first-order valence-electron chi connectivity index (χ1n) is 10.8. The van der Waals surface area contributed by atoms with Gasteiger partial charge in [0.2, 0.25) is 0 Å². The first-order valence-corrected chi connectivity index (χ1v) is 11.9. The monoisotopic (exact) mass is 517 g/mol. The predicted octanol–water partition coefficient (Wildman–Crippen LogP) is 5.92. The Morgan fingerprint density at radius 3 is 2.38 bits per heavy atom. The molecule has 29 heavy (non-hydrogen) atoms. The number of unbranched alkanes of at least 4 members (excludes halogenated alkanes) is 5. The Labute approximate surface area is 189 Å². The van der Waals surface area contributed by atoms with Crippen LogP contribution >= 0.6 is 22.6 Å². The van der Waals surface area contributed by atoms with Crippen LogP contribution in [0, 0.1) is 3.57 Å². The van der Waals surface area contributed by atoms with Crippen LogP contribution in [0.5, 0.6) is 0 Å². The van der Waals surface area contributed by atoms with Gasteiger partial charge < -0.3 is 19.9 Å². The largest absolute Gasteiger partial charge is 0.465 e. The van der Waals surface area contributed by atoms with Crippen LogP contribution in [0.1, 0.15) is 76.8 Å². The molecule has 1 aliphatic rings. The Hall–Kier alpha value is -0.860. The second-order valence-corrected chi connectivity index (χ2v) is 9.79. The fourth-order valence-electron chi connectivity index (χ4n) is 3.65. The molecule has 0 unspecified atom stereocenters. The fourth-order valence-corrected chi connectivity index (χ4v) is 4.50. The molecule has 1 amide bonds. The van der Waals surface area contributed by atoms with Crippen molar-refractivity contribution in [3.63, 3.8) is 0 Å². The van der Waals surface area contributed by atoms with Crippen molar-refractivity contribution in [3.8, 4) is 0 Å². The summed E-state index contributed by atoms with van der Waals surface area (Å²) in [5, 5.41) is 11.9. The van der Waals surface area contributed by atoms with Gasteiger partial charge in [0.05, 0.1) is 18.8 Å². The third kappa shape index (κ3) is 8.42. The van der Waals surface area contributed by atoms with Crippen LogP contribution in [0.15, 0.2) is 18.2 Å². The van der Waals surface area contributed by atoms with E-state index in [1.165, 1.54) is 53.2 Å². The number of halogens is 1. The Kier molecular flexibility index (Phi) is 9.69. The molecule has 164 valence electrons. The number of ether oxygens (including phenoxy) is 2. The standard InChI is InChI=1S/C23H36INO4/c1-4-5-6-7-8-9-10-18-11-12-19(20(24)15-18)13-14-23(25-21(26)27)16-28-22(2,3)29-17-23/h11-12,15,25H,4-10,13-14,16-17H2,1-3H3,(H,26,27). The normalized spacial score (nSPS) is 17.8. The van der Waals surface area contributed by atoms with Crippen LogP contribution in [0.2, 0.25) is 0 Å². The van der Waals surface area contributed by atoms with Gasteiger partial charge in [0.15, 0.2) is 5.79 Å². The van der Waals surface area contributed by atoms with Gasteiger partial charge in [-0.15, -0.1) is 0 Å². The van der Waals surface area contributed by atoms with E-state index in [-0.39, 0.29) is 0 Å². The molecule has 2 rings (SSSR count). The summed E-state index contributed by atoms with van der Waals surface area (Å²) in [6.45, 7) is 6.59. The van der Waals surface area contributed by atoms with E-state index in [9.17, 15) is 9.90 Å². The van der Waals surface area contributed by atoms with E-state index >= 15 is 0 Å². The van der Waals surface area contributed by atoms with Crippen LogP contribution in [0.25, 0.3) is 0 Å². The number of hydrogen-bond acceptors (Lipinski definition) is 3. The Morgan fingerprint density at radius 1 is 1.10 bits per heavy atom.